The maximum atomic E-state index is 13.1. The average Bonchev–Trinajstić information content (AvgIpc) is 3.06. The van der Waals surface area contributed by atoms with Gasteiger partial charge in [-0.2, -0.15) is 0 Å². The summed E-state index contributed by atoms with van der Waals surface area (Å²) in [7, 11) is 1.33. The summed E-state index contributed by atoms with van der Waals surface area (Å²) in [4.78, 5) is 67.5. The van der Waals surface area contributed by atoms with Crippen LogP contribution in [0.15, 0.2) is 85.0 Å². The zero-order chi connectivity index (χ0) is 32.7. The van der Waals surface area contributed by atoms with E-state index in [1.807, 2.05) is 71.6 Å². The minimum atomic E-state index is -0.736. The van der Waals surface area contributed by atoms with Crippen LogP contribution >= 0.6 is 0 Å². The molecule has 2 saturated heterocycles. The Balaban J connectivity index is 1.31. The Morgan fingerprint density at radius 3 is 1.89 bits per heavy atom. The molecule has 2 fully saturated rings. The molecule has 2 heterocycles. The highest BCUT2D eigenvalue weighted by molar-refractivity contribution is 5.92. The van der Waals surface area contributed by atoms with Crippen molar-refractivity contribution >= 4 is 29.4 Å². The summed E-state index contributed by atoms with van der Waals surface area (Å²) >= 11 is 0. The van der Waals surface area contributed by atoms with Crippen LogP contribution in [0, 0.1) is 0 Å². The largest absolute Gasteiger partial charge is 0.467 e. The molecule has 0 aromatic heterocycles. The van der Waals surface area contributed by atoms with Crippen LogP contribution in [0.25, 0.3) is 0 Å². The standard InChI is InChI=1S/C38H46N2O6/c1-46-38(45)35(40-32(18-12-21-37(40)44)23-25-34(42)28-30-15-7-3-8-16-30)19-9-4-10-26-39-31(17-11-20-36(39)43)22-24-33(41)27-29-13-5-2-6-14-29/h2-3,5-8,13-16,22-25,31-32,35H,4,9-12,17-21,26-28H2,1H3. The van der Waals surface area contributed by atoms with Crippen molar-refractivity contribution in [3.8, 4) is 0 Å². The molecule has 8 nitrogen and oxygen atoms in total. The number of amides is 2. The van der Waals surface area contributed by atoms with Gasteiger partial charge in [-0.25, -0.2) is 4.79 Å². The lowest BCUT2D eigenvalue weighted by Gasteiger charge is -2.38. The number of carbonyl (C=O) groups is 5. The zero-order valence-corrected chi connectivity index (χ0v) is 26.9. The number of benzene rings is 2. The number of rotatable bonds is 16. The summed E-state index contributed by atoms with van der Waals surface area (Å²) in [5.74, 6) is -0.513. The van der Waals surface area contributed by atoms with Crippen molar-refractivity contribution in [1.82, 2.24) is 9.80 Å². The Morgan fingerprint density at radius 2 is 1.30 bits per heavy atom. The highest BCUT2D eigenvalue weighted by Crippen LogP contribution is 2.26. The smallest absolute Gasteiger partial charge is 0.328 e. The number of likely N-dealkylation sites (tertiary alicyclic amines) is 2. The summed E-state index contributed by atoms with van der Waals surface area (Å²) in [6.45, 7) is 0.571. The number of hydrogen-bond acceptors (Lipinski definition) is 6. The SMILES string of the molecule is COC(=O)C(CCCCCN1C(=O)CCCC1C=CC(=O)Cc1ccccc1)N1C(=O)CCCC1C=CC(=O)Cc1ccccc1. The monoisotopic (exact) mass is 626 g/mol. The zero-order valence-electron chi connectivity index (χ0n) is 26.9. The van der Waals surface area contributed by atoms with Crippen molar-refractivity contribution in [2.75, 3.05) is 13.7 Å². The Bertz CT molecular complexity index is 1390. The van der Waals surface area contributed by atoms with Crippen molar-refractivity contribution in [2.45, 2.75) is 95.2 Å². The van der Waals surface area contributed by atoms with E-state index in [0.29, 0.717) is 51.5 Å². The molecule has 2 aliphatic rings. The first-order valence-corrected chi connectivity index (χ1v) is 16.5. The van der Waals surface area contributed by atoms with Crippen LogP contribution in [0.2, 0.25) is 0 Å². The van der Waals surface area contributed by atoms with E-state index in [2.05, 4.69) is 0 Å². The van der Waals surface area contributed by atoms with Crippen molar-refractivity contribution < 1.29 is 28.7 Å². The van der Waals surface area contributed by atoms with Gasteiger partial charge in [-0.05, 0) is 61.8 Å². The number of methoxy groups -OCH3 is 1. The summed E-state index contributed by atoms with van der Waals surface area (Å²) in [6.07, 6.45) is 13.9. The Hall–Kier alpha value is -4.33. The van der Waals surface area contributed by atoms with Crippen LogP contribution in [0.4, 0.5) is 0 Å². The van der Waals surface area contributed by atoms with Gasteiger partial charge in [0.15, 0.2) is 11.6 Å². The lowest BCUT2D eigenvalue weighted by atomic mass is 9.95. The molecule has 0 saturated carbocycles. The summed E-state index contributed by atoms with van der Waals surface area (Å²) in [6, 6.07) is 17.9. The molecular weight excluding hydrogens is 580 g/mol. The van der Waals surface area contributed by atoms with E-state index in [4.69, 9.17) is 4.74 Å². The molecule has 0 aliphatic carbocycles. The number of ether oxygens (including phenoxy) is 1. The van der Waals surface area contributed by atoms with Gasteiger partial charge < -0.3 is 14.5 Å². The number of esters is 1. The molecule has 2 aliphatic heterocycles. The maximum absolute atomic E-state index is 13.1. The van der Waals surface area contributed by atoms with Gasteiger partial charge in [0, 0.05) is 32.2 Å². The summed E-state index contributed by atoms with van der Waals surface area (Å²) in [5.41, 5.74) is 1.88. The quantitative estimate of drug-likeness (QED) is 0.137. The molecule has 2 aromatic carbocycles. The Morgan fingerprint density at radius 1 is 0.761 bits per heavy atom. The molecule has 2 aromatic rings. The van der Waals surface area contributed by atoms with E-state index >= 15 is 0 Å². The molecule has 3 unspecified atom stereocenters. The first kappa shape index (κ1) is 34.5. The van der Waals surface area contributed by atoms with Gasteiger partial charge in [-0.1, -0.05) is 85.7 Å². The van der Waals surface area contributed by atoms with E-state index in [1.54, 1.807) is 17.1 Å². The van der Waals surface area contributed by atoms with Gasteiger partial charge in [0.25, 0.3) is 0 Å². The average molecular weight is 627 g/mol. The fraction of sp³-hybridized carbons (Fsp3) is 0.447. The van der Waals surface area contributed by atoms with Gasteiger partial charge >= 0.3 is 5.97 Å². The summed E-state index contributed by atoms with van der Waals surface area (Å²) < 4.78 is 5.12. The second-order valence-corrected chi connectivity index (χ2v) is 12.2. The van der Waals surface area contributed by atoms with E-state index in [0.717, 1.165) is 36.8 Å². The van der Waals surface area contributed by atoms with Crippen molar-refractivity contribution in [1.29, 1.82) is 0 Å². The molecule has 0 spiro atoms. The first-order chi connectivity index (χ1) is 22.4. The number of unbranched alkanes of at least 4 members (excludes halogenated alkanes) is 2. The second-order valence-electron chi connectivity index (χ2n) is 12.2. The number of hydrogen-bond donors (Lipinski definition) is 0. The number of carbonyl (C=O) groups excluding carboxylic acids is 5. The van der Waals surface area contributed by atoms with E-state index in [9.17, 15) is 24.0 Å². The fourth-order valence-electron chi connectivity index (χ4n) is 6.40. The maximum Gasteiger partial charge on any atom is 0.328 e. The highest BCUT2D eigenvalue weighted by Gasteiger charge is 2.36. The minimum absolute atomic E-state index is 0.0130. The highest BCUT2D eigenvalue weighted by atomic mass is 16.5. The van der Waals surface area contributed by atoms with Crippen LogP contribution in [0.1, 0.15) is 75.3 Å². The number of allylic oxidation sites excluding steroid dienone is 2. The lowest BCUT2D eigenvalue weighted by Crippen LogP contribution is -2.52. The van der Waals surface area contributed by atoms with Crippen LogP contribution in [0.3, 0.4) is 0 Å². The molecule has 2 amide bonds. The molecule has 3 atom stereocenters. The first-order valence-electron chi connectivity index (χ1n) is 16.5. The molecule has 4 rings (SSSR count). The Kier molecular flexibility index (Phi) is 13.5. The third-order valence-electron chi connectivity index (χ3n) is 8.78. The number of nitrogens with zero attached hydrogens (tertiary/aromatic N) is 2. The predicted molar refractivity (Wildman–Crippen MR) is 177 cm³/mol. The summed E-state index contributed by atoms with van der Waals surface area (Å²) in [5, 5.41) is 0. The van der Waals surface area contributed by atoms with Gasteiger partial charge in [-0.3, -0.25) is 19.2 Å². The van der Waals surface area contributed by atoms with Gasteiger partial charge in [-0.15, -0.1) is 0 Å². The molecule has 0 N–H and O–H groups in total. The van der Waals surface area contributed by atoms with Gasteiger partial charge in [0.1, 0.15) is 6.04 Å². The molecule has 46 heavy (non-hydrogen) atoms. The normalized spacial score (nSPS) is 19.5. The van der Waals surface area contributed by atoms with E-state index < -0.39 is 12.0 Å². The Labute approximate surface area is 272 Å². The van der Waals surface area contributed by atoms with Crippen LogP contribution < -0.4 is 0 Å². The van der Waals surface area contributed by atoms with Crippen molar-refractivity contribution in [3.05, 3.63) is 96.1 Å². The third-order valence-corrected chi connectivity index (χ3v) is 8.78. The molecule has 0 radical (unpaired) electrons. The van der Waals surface area contributed by atoms with E-state index in [1.165, 1.54) is 13.2 Å². The van der Waals surface area contributed by atoms with Crippen molar-refractivity contribution in [2.24, 2.45) is 0 Å². The topological polar surface area (TPSA) is 101 Å². The predicted octanol–water partition coefficient (Wildman–Crippen LogP) is 5.59. The molecule has 8 heteroatoms. The van der Waals surface area contributed by atoms with E-state index in [-0.39, 0.29) is 41.9 Å². The number of piperidine rings is 2. The third kappa shape index (κ3) is 10.4. The second kappa shape index (κ2) is 18.0. The number of ketones is 2. The van der Waals surface area contributed by atoms with Gasteiger partial charge in [0.2, 0.25) is 11.8 Å². The molecule has 0 bridgehead atoms. The van der Waals surface area contributed by atoms with Gasteiger partial charge in [0.05, 0.1) is 19.2 Å². The lowest BCUT2D eigenvalue weighted by molar-refractivity contribution is -0.156. The van der Waals surface area contributed by atoms with Crippen LogP contribution in [0.5, 0.6) is 0 Å². The molecule has 244 valence electrons. The van der Waals surface area contributed by atoms with Crippen molar-refractivity contribution in [3.63, 3.8) is 0 Å². The van der Waals surface area contributed by atoms with Crippen LogP contribution in [-0.4, -0.2) is 70.9 Å². The molecular formula is C38H46N2O6. The minimum Gasteiger partial charge on any atom is -0.467 e. The van der Waals surface area contributed by atoms with Crippen LogP contribution in [-0.2, 0) is 41.6 Å². The fourth-order valence-corrected chi connectivity index (χ4v) is 6.40.